The van der Waals surface area contributed by atoms with Gasteiger partial charge in [-0.3, -0.25) is 0 Å². The summed E-state index contributed by atoms with van der Waals surface area (Å²) in [5.74, 6) is -1.15. The number of nitrogens with one attached hydrogen (secondary N) is 2. The Morgan fingerprint density at radius 1 is 1.20 bits per heavy atom. The summed E-state index contributed by atoms with van der Waals surface area (Å²) in [7, 11) is 0. The molecule has 78 valence electrons. The molecule has 1 aromatic carbocycles. The van der Waals surface area contributed by atoms with Crippen LogP contribution in [0.4, 0.5) is 14.5 Å². The van der Waals surface area contributed by atoms with Gasteiger partial charge < -0.3 is 10.3 Å². The van der Waals surface area contributed by atoms with Gasteiger partial charge in [-0.25, -0.2) is 8.78 Å². The van der Waals surface area contributed by atoms with E-state index in [1.54, 1.807) is 6.20 Å². The van der Waals surface area contributed by atoms with Crippen molar-refractivity contribution in [3.8, 4) is 0 Å². The minimum atomic E-state index is -0.582. The van der Waals surface area contributed by atoms with E-state index in [0.29, 0.717) is 12.2 Å². The van der Waals surface area contributed by atoms with Crippen molar-refractivity contribution in [2.75, 3.05) is 5.32 Å². The molecule has 0 atom stereocenters. The lowest BCUT2D eigenvalue weighted by Gasteiger charge is -2.05. The second-order valence-electron chi connectivity index (χ2n) is 3.17. The molecule has 0 fully saturated rings. The standard InChI is InChI=1S/C11H10F2N2/c12-8-3-4-11(10(13)6-8)15-7-9-2-1-5-14-9/h1-6,14-15H,7H2. The molecule has 0 aliphatic rings. The van der Waals surface area contributed by atoms with Gasteiger partial charge >= 0.3 is 0 Å². The van der Waals surface area contributed by atoms with E-state index in [0.717, 1.165) is 11.8 Å². The molecule has 0 saturated heterocycles. The summed E-state index contributed by atoms with van der Waals surface area (Å²) in [6, 6.07) is 7.21. The van der Waals surface area contributed by atoms with Gasteiger partial charge in [0.1, 0.15) is 11.6 Å². The van der Waals surface area contributed by atoms with Crippen LogP contribution in [0, 0.1) is 11.6 Å². The van der Waals surface area contributed by atoms with E-state index >= 15 is 0 Å². The number of hydrogen-bond donors (Lipinski definition) is 2. The summed E-state index contributed by atoms with van der Waals surface area (Å²) in [5.41, 5.74) is 1.24. The molecule has 0 spiro atoms. The van der Waals surface area contributed by atoms with Crippen molar-refractivity contribution >= 4 is 5.69 Å². The van der Waals surface area contributed by atoms with E-state index in [2.05, 4.69) is 10.3 Å². The van der Waals surface area contributed by atoms with Crippen molar-refractivity contribution in [1.82, 2.24) is 4.98 Å². The maximum Gasteiger partial charge on any atom is 0.149 e. The molecule has 2 nitrogen and oxygen atoms in total. The first-order valence-corrected chi connectivity index (χ1v) is 4.57. The lowest BCUT2D eigenvalue weighted by Crippen LogP contribution is -2.01. The molecule has 2 N–H and O–H groups in total. The van der Waals surface area contributed by atoms with Crippen LogP contribution in [0.3, 0.4) is 0 Å². The first-order chi connectivity index (χ1) is 7.25. The van der Waals surface area contributed by atoms with Crippen LogP contribution in [0.2, 0.25) is 0 Å². The van der Waals surface area contributed by atoms with E-state index in [-0.39, 0.29) is 0 Å². The quantitative estimate of drug-likeness (QED) is 0.797. The zero-order valence-electron chi connectivity index (χ0n) is 7.93. The molecule has 0 saturated carbocycles. The maximum atomic E-state index is 13.2. The van der Waals surface area contributed by atoms with Crippen molar-refractivity contribution in [3.63, 3.8) is 0 Å². The number of halogens is 2. The van der Waals surface area contributed by atoms with E-state index < -0.39 is 11.6 Å². The summed E-state index contributed by atoms with van der Waals surface area (Å²) in [6.07, 6.45) is 1.79. The predicted molar refractivity (Wildman–Crippen MR) is 54.5 cm³/mol. The van der Waals surface area contributed by atoms with Crippen LogP contribution in [-0.4, -0.2) is 4.98 Å². The first kappa shape index (κ1) is 9.71. The summed E-state index contributed by atoms with van der Waals surface area (Å²) in [5, 5.41) is 2.87. The van der Waals surface area contributed by atoms with Crippen molar-refractivity contribution < 1.29 is 8.78 Å². The lowest BCUT2D eigenvalue weighted by atomic mass is 10.3. The number of benzene rings is 1. The Bertz CT molecular complexity index is 438. The fourth-order valence-corrected chi connectivity index (χ4v) is 1.30. The Balaban J connectivity index is 2.05. The molecule has 0 radical (unpaired) electrons. The zero-order chi connectivity index (χ0) is 10.7. The van der Waals surface area contributed by atoms with Crippen LogP contribution >= 0.6 is 0 Å². The van der Waals surface area contributed by atoms with Gasteiger partial charge in [-0.1, -0.05) is 0 Å². The molecular formula is C11H10F2N2. The van der Waals surface area contributed by atoms with Crippen molar-refractivity contribution in [2.24, 2.45) is 0 Å². The van der Waals surface area contributed by atoms with Crippen LogP contribution in [-0.2, 0) is 6.54 Å². The topological polar surface area (TPSA) is 27.8 Å². The van der Waals surface area contributed by atoms with E-state index in [4.69, 9.17) is 0 Å². The first-order valence-electron chi connectivity index (χ1n) is 4.57. The molecule has 0 aliphatic heterocycles. The number of H-pyrrole nitrogens is 1. The van der Waals surface area contributed by atoms with E-state index in [1.807, 2.05) is 12.1 Å². The van der Waals surface area contributed by atoms with Gasteiger partial charge in [0, 0.05) is 18.0 Å². The van der Waals surface area contributed by atoms with Crippen LogP contribution in [0.25, 0.3) is 0 Å². The molecule has 2 aromatic rings. The van der Waals surface area contributed by atoms with Crippen LogP contribution < -0.4 is 5.32 Å². The number of aromatic amines is 1. The zero-order valence-corrected chi connectivity index (χ0v) is 7.93. The Morgan fingerprint density at radius 2 is 2.07 bits per heavy atom. The number of hydrogen-bond acceptors (Lipinski definition) is 1. The summed E-state index contributed by atoms with van der Waals surface area (Å²) in [6.45, 7) is 0.482. The van der Waals surface area contributed by atoms with Crippen molar-refractivity contribution in [2.45, 2.75) is 6.54 Å². The summed E-state index contributed by atoms with van der Waals surface area (Å²) in [4.78, 5) is 2.98. The molecule has 0 bridgehead atoms. The monoisotopic (exact) mass is 208 g/mol. The predicted octanol–water partition coefficient (Wildman–Crippen LogP) is 2.91. The van der Waals surface area contributed by atoms with Crippen molar-refractivity contribution in [1.29, 1.82) is 0 Å². The highest BCUT2D eigenvalue weighted by Gasteiger charge is 2.02. The average Bonchev–Trinajstić information content (AvgIpc) is 2.69. The van der Waals surface area contributed by atoms with Gasteiger partial charge in [0.05, 0.1) is 12.2 Å². The second kappa shape index (κ2) is 4.13. The van der Waals surface area contributed by atoms with Crippen LogP contribution in [0.1, 0.15) is 5.69 Å². The Labute approximate surface area is 85.9 Å². The van der Waals surface area contributed by atoms with Gasteiger partial charge in [0.2, 0.25) is 0 Å². The smallest absolute Gasteiger partial charge is 0.149 e. The van der Waals surface area contributed by atoms with Crippen LogP contribution in [0.15, 0.2) is 36.5 Å². The Morgan fingerprint density at radius 3 is 2.73 bits per heavy atom. The fraction of sp³-hybridized carbons (Fsp3) is 0.0909. The van der Waals surface area contributed by atoms with E-state index in [9.17, 15) is 8.78 Å². The fourth-order valence-electron chi connectivity index (χ4n) is 1.30. The number of aromatic nitrogens is 1. The normalized spacial score (nSPS) is 10.3. The van der Waals surface area contributed by atoms with Gasteiger partial charge in [-0.15, -0.1) is 0 Å². The third-order valence-electron chi connectivity index (χ3n) is 2.06. The Kier molecular flexibility index (Phi) is 2.67. The minimum absolute atomic E-state index is 0.297. The average molecular weight is 208 g/mol. The molecule has 0 aliphatic carbocycles. The van der Waals surface area contributed by atoms with Gasteiger partial charge in [0.15, 0.2) is 0 Å². The second-order valence-corrected chi connectivity index (χ2v) is 3.17. The minimum Gasteiger partial charge on any atom is -0.377 e. The lowest BCUT2D eigenvalue weighted by molar-refractivity contribution is 0.585. The molecule has 1 aromatic heterocycles. The van der Waals surface area contributed by atoms with Gasteiger partial charge in [0.25, 0.3) is 0 Å². The highest BCUT2D eigenvalue weighted by atomic mass is 19.1. The molecule has 15 heavy (non-hydrogen) atoms. The summed E-state index contributed by atoms with van der Waals surface area (Å²) >= 11 is 0. The number of rotatable bonds is 3. The van der Waals surface area contributed by atoms with Gasteiger partial charge in [-0.2, -0.15) is 0 Å². The van der Waals surface area contributed by atoms with Gasteiger partial charge in [-0.05, 0) is 24.3 Å². The summed E-state index contributed by atoms with van der Waals surface area (Å²) < 4.78 is 25.8. The molecule has 4 heteroatoms. The Hall–Kier alpha value is -1.84. The molecule has 0 amide bonds. The van der Waals surface area contributed by atoms with Crippen LogP contribution in [0.5, 0.6) is 0 Å². The van der Waals surface area contributed by atoms with E-state index in [1.165, 1.54) is 12.1 Å². The highest BCUT2D eigenvalue weighted by Crippen LogP contribution is 2.15. The SMILES string of the molecule is Fc1ccc(NCc2ccc[nH]2)c(F)c1. The maximum absolute atomic E-state index is 13.2. The largest absolute Gasteiger partial charge is 0.377 e. The van der Waals surface area contributed by atoms with Crippen molar-refractivity contribution in [3.05, 3.63) is 53.9 Å². The third-order valence-corrected chi connectivity index (χ3v) is 2.06. The molecule has 0 unspecified atom stereocenters. The number of anilines is 1. The molecule has 2 rings (SSSR count). The molecule has 1 heterocycles. The third kappa shape index (κ3) is 2.34. The molecular weight excluding hydrogens is 198 g/mol. The highest BCUT2D eigenvalue weighted by molar-refractivity contribution is 5.44.